The summed E-state index contributed by atoms with van der Waals surface area (Å²) >= 11 is 0. The van der Waals surface area contributed by atoms with Crippen LogP contribution in [0.2, 0.25) is 0 Å². The van der Waals surface area contributed by atoms with Crippen LogP contribution in [-0.2, 0) is 11.2 Å². The maximum Gasteiger partial charge on any atom is 0.231 e. The highest BCUT2D eigenvalue weighted by molar-refractivity contribution is 6.03. The van der Waals surface area contributed by atoms with Crippen molar-refractivity contribution in [2.45, 2.75) is 25.3 Å². The number of ether oxygens (including phenoxy) is 1. The molecule has 0 spiro atoms. The van der Waals surface area contributed by atoms with Crippen molar-refractivity contribution in [1.29, 1.82) is 0 Å². The number of para-hydroxylation sites is 1. The molecule has 0 saturated heterocycles. The topological polar surface area (TPSA) is 93.0 Å². The van der Waals surface area contributed by atoms with Gasteiger partial charge in [-0.1, -0.05) is 24.3 Å². The average molecular weight is 412 g/mol. The van der Waals surface area contributed by atoms with Crippen molar-refractivity contribution in [2.24, 2.45) is 5.73 Å². The smallest absolute Gasteiger partial charge is 0.231 e. The van der Waals surface area contributed by atoms with E-state index in [0.29, 0.717) is 12.4 Å². The zero-order chi connectivity index (χ0) is 21.4. The third-order valence-electron chi connectivity index (χ3n) is 5.84. The molecule has 5 rings (SSSR count). The van der Waals surface area contributed by atoms with Gasteiger partial charge in [-0.3, -0.25) is 9.78 Å². The van der Waals surface area contributed by atoms with Crippen LogP contribution in [0.3, 0.4) is 0 Å². The Kier molecular flexibility index (Phi) is 4.92. The summed E-state index contributed by atoms with van der Waals surface area (Å²) < 4.78 is 5.96. The molecule has 6 heteroatoms. The Morgan fingerprint density at radius 1 is 1.13 bits per heavy atom. The first-order valence-corrected chi connectivity index (χ1v) is 10.4. The van der Waals surface area contributed by atoms with E-state index in [1.165, 1.54) is 10.9 Å². The van der Waals surface area contributed by atoms with Gasteiger partial charge in [-0.2, -0.15) is 0 Å². The summed E-state index contributed by atoms with van der Waals surface area (Å²) in [4.78, 5) is 19.5. The Morgan fingerprint density at radius 3 is 2.90 bits per heavy atom. The number of benzene rings is 2. The highest BCUT2D eigenvalue weighted by Crippen LogP contribution is 2.35. The van der Waals surface area contributed by atoms with E-state index in [2.05, 4.69) is 27.4 Å². The fourth-order valence-corrected chi connectivity index (χ4v) is 4.10. The molecular weight excluding hydrogens is 388 g/mol. The van der Waals surface area contributed by atoms with E-state index in [9.17, 15) is 4.79 Å². The van der Waals surface area contributed by atoms with Gasteiger partial charge in [0.1, 0.15) is 12.4 Å². The molecule has 1 aliphatic heterocycles. The molecule has 3 heterocycles. The fraction of sp³-hybridized carbons (Fsp3) is 0.200. The highest BCUT2D eigenvalue weighted by atomic mass is 16.5. The average Bonchev–Trinajstić information content (AvgIpc) is 3.33. The number of nitrogens with two attached hydrogens (primary N) is 1. The molecule has 2 aromatic carbocycles. The number of anilines is 1. The molecule has 1 amide bonds. The molecule has 2 atom stereocenters. The van der Waals surface area contributed by atoms with Gasteiger partial charge in [0.05, 0.1) is 12.1 Å². The van der Waals surface area contributed by atoms with Gasteiger partial charge >= 0.3 is 0 Å². The third-order valence-corrected chi connectivity index (χ3v) is 5.84. The number of aromatic nitrogens is 2. The largest absolute Gasteiger partial charge is 0.490 e. The van der Waals surface area contributed by atoms with Gasteiger partial charge < -0.3 is 20.8 Å². The van der Waals surface area contributed by atoms with E-state index in [0.717, 1.165) is 34.3 Å². The summed E-state index contributed by atoms with van der Waals surface area (Å²) in [5.41, 5.74) is 12.5. The Bertz CT molecular complexity index is 1260. The van der Waals surface area contributed by atoms with Gasteiger partial charge in [0.2, 0.25) is 5.91 Å². The number of hydrogen-bond acceptors (Lipinski definition) is 4. The minimum Gasteiger partial charge on any atom is -0.490 e. The molecule has 1 aliphatic rings. The number of rotatable bonds is 6. The van der Waals surface area contributed by atoms with Crippen molar-refractivity contribution >= 4 is 22.5 Å². The Hall–Kier alpha value is -3.64. The number of hydrogen-bond donors (Lipinski definition) is 3. The zero-order valence-electron chi connectivity index (χ0n) is 17.3. The number of carbonyl (C=O) groups excluding carboxylic acids is 1. The second kappa shape index (κ2) is 7.89. The van der Waals surface area contributed by atoms with E-state index in [1.807, 2.05) is 49.5 Å². The Morgan fingerprint density at radius 2 is 2.00 bits per heavy atom. The number of nitrogens with one attached hydrogen (secondary N) is 2. The summed E-state index contributed by atoms with van der Waals surface area (Å²) in [7, 11) is 0. The summed E-state index contributed by atoms with van der Waals surface area (Å²) in [6, 6.07) is 16.0. The van der Waals surface area contributed by atoms with Crippen LogP contribution < -0.4 is 15.8 Å². The van der Waals surface area contributed by atoms with E-state index in [1.54, 1.807) is 12.4 Å². The molecule has 2 aromatic heterocycles. The molecule has 0 aliphatic carbocycles. The molecule has 0 bridgehead atoms. The van der Waals surface area contributed by atoms with Gasteiger partial charge in [0, 0.05) is 40.6 Å². The van der Waals surface area contributed by atoms with Crippen molar-refractivity contribution in [3.63, 3.8) is 0 Å². The summed E-state index contributed by atoms with van der Waals surface area (Å²) in [5.74, 6) is 0.561. The predicted octanol–water partition coefficient (Wildman–Crippen LogP) is 4.23. The highest BCUT2D eigenvalue weighted by Gasteiger charge is 2.26. The Balaban J connectivity index is 1.27. The van der Waals surface area contributed by atoms with Crippen molar-refractivity contribution in [3.8, 4) is 16.9 Å². The van der Waals surface area contributed by atoms with Crippen molar-refractivity contribution in [2.75, 3.05) is 11.9 Å². The second-order valence-corrected chi connectivity index (χ2v) is 8.06. The van der Waals surface area contributed by atoms with Crippen LogP contribution in [0.5, 0.6) is 5.75 Å². The second-order valence-electron chi connectivity index (χ2n) is 8.06. The molecule has 0 radical (unpaired) electrons. The lowest BCUT2D eigenvalue weighted by Gasteiger charge is -2.14. The van der Waals surface area contributed by atoms with Crippen LogP contribution in [0.15, 0.2) is 67.1 Å². The minimum absolute atomic E-state index is 0.0338. The minimum atomic E-state index is -0.148. The third kappa shape index (κ3) is 3.78. The standard InChI is InChI=1S/C25H24N4O2/c1-15-22-10-16(6-7-24(22)29-25(15)30)17-9-20(13-27-11-17)31-14-19(26)8-18-12-28-23-5-3-2-4-21(18)23/h2-7,9-13,15,19,28H,8,14,26H2,1H3,(H,29,30)/t15?,19-/m1/s1. The van der Waals surface area contributed by atoms with Crippen molar-refractivity contribution in [3.05, 3.63) is 78.2 Å². The SMILES string of the molecule is CC1C(=O)Nc2ccc(-c3cncc(OC[C@H](N)Cc4c[nH]c5ccccc45)c3)cc21. The molecular formula is C25H24N4O2. The number of aromatic amines is 1. The number of H-pyrrole nitrogens is 1. The lowest BCUT2D eigenvalue weighted by molar-refractivity contribution is -0.116. The molecule has 31 heavy (non-hydrogen) atoms. The molecule has 1 unspecified atom stereocenters. The maximum atomic E-state index is 11.9. The van der Waals surface area contributed by atoms with Gasteiger partial charge in [0.15, 0.2) is 0 Å². The van der Waals surface area contributed by atoms with Gasteiger partial charge in [-0.15, -0.1) is 0 Å². The first-order chi connectivity index (χ1) is 15.1. The van der Waals surface area contributed by atoms with Crippen LogP contribution in [-0.4, -0.2) is 28.5 Å². The number of pyridine rings is 1. The van der Waals surface area contributed by atoms with E-state index in [-0.39, 0.29) is 17.9 Å². The van der Waals surface area contributed by atoms with Crippen LogP contribution in [0, 0.1) is 0 Å². The van der Waals surface area contributed by atoms with Crippen molar-refractivity contribution < 1.29 is 9.53 Å². The van der Waals surface area contributed by atoms with Crippen molar-refractivity contribution in [1.82, 2.24) is 9.97 Å². The number of nitrogens with zero attached hydrogens (tertiary/aromatic N) is 1. The van der Waals surface area contributed by atoms with E-state index < -0.39 is 0 Å². The van der Waals surface area contributed by atoms with Crippen LogP contribution in [0.25, 0.3) is 22.0 Å². The van der Waals surface area contributed by atoms with Gasteiger partial charge in [-0.05, 0) is 54.3 Å². The summed E-state index contributed by atoms with van der Waals surface area (Å²) in [5, 5.41) is 4.10. The molecule has 4 N–H and O–H groups in total. The van der Waals surface area contributed by atoms with Crippen LogP contribution in [0.4, 0.5) is 5.69 Å². The summed E-state index contributed by atoms with van der Waals surface area (Å²) in [6.07, 6.45) is 6.24. The Labute approximate surface area is 180 Å². The monoisotopic (exact) mass is 412 g/mol. The quantitative estimate of drug-likeness (QED) is 0.442. The molecule has 6 nitrogen and oxygen atoms in total. The molecule has 0 fully saturated rings. The lowest BCUT2D eigenvalue weighted by Crippen LogP contribution is -2.30. The first kappa shape index (κ1) is 19.3. The fourth-order valence-electron chi connectivity index (χ4n) is 4.10. The van der Waals surface area contributed by atoms with Crippen LogP contribution in [0.1, 0.15) is 24.0 Å². The van der Waals surface area contributed by atoms with E-state index >= 15 is 0 Å². The molecule has 156 valence electrons. The maximum absolute atomic E-state index is 11.9. The van der Waals surface area contributed by atoms with E-state index in [4.69, 9.17) is 10.5 Å². The molecule has 4 aromatic rings. The van der Waals surface area contributed by atoms with Gasteiger partial charge in [0.25, 0.3) is 0 Å². The first-order valence-electron chi connectivity index (χ1n) is 10.4. The summed E-state index contributed by atoms with van der Waals surface area (Å²) in [6.45, 7) is 2.31. The molecule has 0 saturated carbocycles. The number of fused-ring (bicyclic) bond motifs is 2. The lowest BCUT2D eigenvalue weighted by atomic mass is 9.98. The number of amides is 1. The predicted molar refractivity (Wildman–Crippen MR) is 122 cm³/mol. The van der Waals surface area contributed by atoms with Gasteiger partial charge in [-0.25, -0.2) is 0 Å². The number of carbonyl (C=O) groups is 1. The normalized spacial score (nSPS) is 16.2. The zero-order valence-corrected chi connectivity index (χ0v) is 17.3. The van der Waals surface area contributed by atoms with Crippen LogP contribution >= 0.6 is 0 Å².